The van der Waals surface area contributed by atoms with Crippen LogP contribution in [0.15, 0.2) is 0 Å². The number of sulfone groups is 2. The topological polar surface area (TPSA) is 68.3 Å². The van der Waals surface area contributed by atoms with Crippen molar-refractivity contribution in [2.45, 2.75) is 52.4 Å². The van der Waals surface area contributed by atoms with Gasteiger partial charge in [-0.3, -0.25) is 0 Å². The predicted molar refractivity (Wildman–Crippen MR) is 76.4 cm³/mol. The average molecular weight is 298 g/mol. The van der Waals surface area contributed by atoms with Crippen LogP contribution in [0.2, 0.25) is 0 Å². The van der Waals surface area contributed by atoms with Gasteiger partial charge >= 0.3 is 0 Å². The van der Waals surface area contributed by atoms with Crippen molar-refractivity contribution in [1.29, 1.82) is 0 Å². The Balaban J connectivity index is 0.000000351. The van der Waals surface area contributed by atoms with Gasteiger partial charge in [-0.2, -0.15) is 0 Å². The summed E-state index contributed by atoms with van der Waals surface area (Å²) in [6.07, 6.45) is 5.31. The Morgan fingerprint density at radius 2 is 1.28 bits per heavy atom. The SMILES string of the molecule is CCCCS(=O)(=O)CCCC.O=S1(=O)CCCC1. The fourth-order valence-corrected chi connectivity index (χ4v) is 4.73. The van der Waals surface area contributed by atoms with Gasteiger partial charge in [-0.05, 0) is 25.7 Å². The highest BCUT2D eigenvalue weighted by molar-refractivity contribution is 7.91. The summed E-state index contributed by atoms with van der Waals surface area (Å²) in [4.78, 5) is 0. The molecule has 0 aromatic rings. The Bertz CT molecular complexity index is 370. The highest BCUT2D eigenvalue weighted by Crippen LogP contribution is 2.08. The van der Waals surface area contributed by atoms with Crippen LogP contribution in [-0.2, 0) is 19.7 Å². The van der Waals surface area contributed by atoms with Gasteiger partial charge in [0.25, 0.3) is 0 Å². The van der Waals surface area contributed by atoms with Gasteiger partial charge in [-0.25, -0.2) is 16.8 Å². The molecule has 0 spiro atoms. The Kier molecular flexibility index (Phi) is 8.86. The van der Waals surface area contributed by atoms with Gasteiger partial charge in [0, 0.05) is 0 Å². The van der Waals surface area contributed by atoms with E-state index in [1.807, 2.05) is 13.8 Å². The van der Waals surface area contributed by atoms with E-state index >= 15 is 0 Å². The lowest BCUT2D eigenvalue weighted by atomic mass is 10.4. The molecule has 0 saturated carbocycles. The van der Waals surface area contributed by atoms with Crippen molar-refractivity contribution >= 4 is 19.7 Å². The molecule has 1 aliphatic heterocycles. The van der Waals surface area contributed by atoms with Crippen molar-refractivity contribution in [3.05, 3.63) is 0 Å². The van der Waals surface area contributed by atoms with Gasteiger partial charge in [0.15, 0.2) is 0 Å². The fraction of sp³-hybridized carbons (Fsp3) is 1.00. The highest BCUT2D eigenvalue weighted by atomic mass is 32.2. The van der Waals surface area contributed by atoms with Crippen LogP contribution in [0.1, 0.15) is 52.4 Å². The van der Waals surface area contributed by atoms with Crippen LogP contribution < -0.4 is 0 Å². The molecule has 0 bridgehead atoms. The van der Waals surface area contributed by atoms with Crippen molar-refractivity contribution in [3.8, 4) is 0 Å². The smallest absolute Gasteiger partial charge is 0.150 e. The van der Waals surface area contributed by atoms with E-state index in [1.165, 1.54) is 0 Å². The molecular formula is C12H26O4S2. The molecule has 0 aromatic heterocycles. The molecule has 4 nitrogen and oxygen atoms in total. The van der Waals surface area contributed by atoms with Gasteiger partial charge in [0.05, 0.1) is 23.0 Å². The number of rotatable bonds is 6. The molecule has 1 aliphatic rings. The van der Waals surface area contributed by atoms with Crippen molar-refractivity contribution in [1.82, 2.24) is 0 Å². The van der Waals surface area contributed by atoms with E-state index in [0.29, 0.717) is 23.0 Å². The third-order valence-corrected chi connectivity index (χ3v) is 6.42. The largest absolute Gasteiger partial charge is 0.229 e. The lowest BCUT2D eigenvalue weighted by Crippen LogP contribution is -2.10. The molecule has 0 unspecified atom stereocenters. The minimum absolute atomic E-state index is 0.378. The Morgan fingerprint density at radius 1 is 0.889 bits per heavy atom. The van der Waals surface area contributed by atoms with Crippen LogP contribution in [0.4, 0.5) is 0 Å². The Labute approximate surface area is 112 Å². The third-order valence-electron chi connectivity index (χ3n) is 2.78. The summed E-state index contributed by atoms with van der Waals surface area (Å²) in [7, 11) is -5.25. The molecule has 1 heterocycles. The molecule has 6 heteroatoms. The fourth-order valence-electron chi connectivity index (χ4n) is 1.58. The van der Waals surface area contributed by atoms with Gasteiger partial charge in [-0.15, -0.1) is 0 Å². The zero-order valence-corrected chi connectivity index (χ0v) is 13.2. The highest BCUT2D eigenvalue weighted by Gasteiger charge is 2.16. The molecular weight excluding hydrogens is 272 g/mol. The van der Waals surface area contributed by atoms with E-state index in [9.17, 15) is 16.8 Å². The molecule has 0 amide bonds. The molecule has 1 rings (SSSR count). The number of hydrogen-bond donors (Lipinski definition) is 0. The zero-order chi connectivity index (χ0) is 14.1. The Morgan fingerprint density at radius 3 is 1.50 bits per heavy atom. The third kappa shape index (κ3) is 9.88. The zero-order valence-electron chi connectivity index (χ0n) is 11.5. The first-order valence-corrected chi connectivity index (χ1v) is 10.4. The summed E-state index contributed by atoms with van der Waals surface area (Å²) >= 11 is 0. The monoisotopic (exact) mass is 298 g/mol. The molecule has 0 radical (unpaired) electrons. The van der Waals surface area contributed by atoms with Crippen LogP contribution in [-0.4, -0.2) is 39.8 Å². The van der Waals surface area contributed by atoms with Crippen molar-refractivity contribution in [2.75, 3.05) is 23.0 Å². The lowest BCUT2D eigenvalue weighted by Gasteiger charge is -2.00. The first-order chi connectivity index (χ1) is 8.33. The first kappa shape index (κ1) is 17.9. The number of hydrogen-bond acceptors (Lipinski definition) is 4. The standard InChI is InChI=1S/C8H18O2S.C4H8O2S/c1-3-5-7-11(9,10)8-6-4-2;5-7(6)3-1-2-4-7/h3-8H2,1-2H3;1-4H2. The summed E-state index contributed by atoms with van der Waals surface area (Å²) in [5.41, 5.74) is 0. The van der Waals surface area contributed by atoms with Crippen LogP contribution in [0, 0.1) is 0 Å². The normalized spacial score (nSPS) is 18.1. The molecule has 0 aromatic carbocycles. The van der Waals surface area contributed by atoms with Gasteiger partial charge in [0.2, 0.25) is 0 Å². The minimum atomic E-state index is -2.71. The second-order valence-electron chi connectivity index (χ2n) is 4.72. The van der Waals surface area contributed by atoms with E-state index in [0.717, 1.165) is 38.5 Å². The average Bonchev–Trinajstić information content (AvgIpc) is 2.69. The summed E-state index contributed by atoms with van der Waals surface area (Å²) in [6, 6.07) is 0. The van der Waals surface area contributed by atoms with E-state index in [1.54, 1.807) is 0 Å². The van der Waals surface area contributed by atoms with E-state index in [-0.39, 0.29) is 0 Å². The maximum atomic E-state index is 11.1. The van der Waals surface area contributed by atoms with Crippen molar-refractivity contribution < 1.29 is 16.8 Å². The maximum Gasteiger partial charge on any atom is 0.150 e. The van der Waals surface area contributed by atoms with Gasteiger partial charge < -0.3 is 0 Å². The second kappa shape index (κ2) is 8.91. The van der Waals surface area contributed by atoms with Crippen molar-refractivity contribution in [2.24, 2.45) is 0 Å². The lowest BCUT2D eigenvalue weighted by molar-refractivity contribution is 0.589. The van der Waals surface area contributed by atoms with E-state index in [4.69, 9.17) is 0 Å². The molecule has 1 saturated heterocycles. The summed E-state index contributed by atoms with van der Waals surface area (Å²) < 4.78 is 43.2. The Hall–Kier alpha value is -0.100. The van der Waals surface area contributed by atoms with Crippen LogP contribution >= 0.6 is 0 Å². The predicted octanol–water partition coefficient (Wildman–Crippen LogP) is 2.20. The maximum absolute atomic E-state index is 11.1. The molecule has 0 N–H and O–H groups in total. The van der Waals surface area contributed by atoms with Gasteiger partial charge in [0.1, 0.15) is 19.7 Å². The van der Waals surface area contributed by atoms with Crippen LogP contribution in [0.25, 0.3) is 0 Å². The summed E-state index contributed by atoms with van der Waals surface area (Å²) in [6.45, 7) is 4.02. The van der Waals surface area contributed by atoms with Crippen molar-refractivity contribution in [3.63, 3.8) is 0 Å². The molecule has 1 fully saturated rings. The molecule has 18 heavy (non-hydrogen) atoms. The van der Waals surface area contributed by atoms with E-state index < -0.39 is 19.7 Å². The quantitative estimate of drug-likeness (QED) is 0.754. The summed E-state index contributed by atoms with van der Waals surface area (Å²) in [5.74, 6) is 1.60. The second-order valence-corrected chi connectivity index (χ2v) is 9.33. The number of unbranched alkanes of at least 4 members (excludes halogenated alkanes) is 2. The van der Waals surface area contributed by atoms with Gasteiger partial charge in [-0.1, -0.05) is 26.7 Å². The van der Waals surface area contributed by atoms with E-state index in [2.05, 4.69) is 0 Å². The molecule has 110 valence electrons. The van der Waals surface area contributed by atoms with Crippen LogP contribution in [0.3, 0.4) is 0 Å². The molecule has 0 aliphatic carbocycles. The minimum Gasteiger partial charge on any atom is -0.229 e. The first-order valence-electron chi connectivity index (χ1n) is 6.74. The molecule has 0 atom stereocenters. The van der Waals surface area contributed by atoms with Crippen LogP contribution in [0.5, 0.6) is 0 Å². The summed E-state index contributed by atoms with van der Waals surface area (Å²) in [5, 5.41) is 0.